The van der Waals surface area contributed by atoms with Gasteiger partial charge in [0.2, 0.25) is 0 Å². The van der Waals surface area contributed by atoms with Crippen molar-refractivity contribution in [3.05, 3.63) is 53.6 Å². The molecule has 0 amide bonds. The molecule has 0 aliphatic carbocycles. The minimum absolute atomic E-state index is 0.0334. The molecule has 0 unspecified atom stereocenters. The maximum Gasteiger partial charge on any atom is 0.337 e. The maximum atomic E-state index is 13.2. The van der Waals surface area contributed by atoms with Gasteiger partial charge in [-0.3, -0.25) is 9.21 Å². The van der Waals surface area contributed by atoms with Crippen LogP contribution in [0.25, 0.3) is 0 Å². The van der Waals surface area contributed by atoms with Gasteiger partial charge in [-0.25, -0.2) is 13.2 Å². The van der Waals surface area contributed by atoms with Crippen molar-refractivity contribution in [1.82, 2.24) is 4.90 Å². The molecule has 1 N–H and O–H groups in total. The van der Waals surface area contributed by atoms with Gasteiger partial charge in [0.25, 0.3) is 10.0 Å². The number of methoxy groups -OCH3 is 1. The first kappa shape index (κ1) is 21.1. The summed E-state index contributed by atoms with van der Waals surface area (Å²) in [4.78, 5) is 14.2. The van der Waals surface area contributed by atoms with E-state index < -0.39 is 16.0 Å². The van der Waals surface area contributed by atoms with Crippen LogP contribution in [0.2, 0.25) is 0 Å². The molecular formula is C21H26N2O5S. The first-order valence-electron chi connectivity index (χ1n) is 9.48. The number of hydrogen-bond acceptors (Lipinski definition) is 5. The number of benzene rings is 2. The summed E-state index contributed by atoms with van der Waals surface area (Å²) < 4.78 is 32.6. The van der Waals surface area contributed by atoms with Crippen molar-refractivity contribution in [3.8, 4) is 5.75 Å². The number of nitrogens with zero attached hydrogens (tertiary/aromatic N) is 2. The molecule has 2 aromatic rings. The normalized spacial score (nSPS) is 17.3. The largest absolute Gasteiger partial charge is 0.497 e. The highest BCUT2D eigenvalue weighted by Crippen LogP contribution is 2.32. The van der Waals surface area contributed by atoms with Gasteiger partial charge < -0.3 is 9.84 Å². The number of ether oxygens (including phenoxy) is 1. The second-order valence-electron chi connectivity index (χ2n) is 7.23. The Morgan fingerprint density at radius 1 is 1.24 bits per heavy atom. The van der Waals surface area contributed by atoms with Crippen molar-refractivity contribution in [1.29, 1.82) is 0 Å². The second-order valence-corrected chi connectivity index (χ2v) is 9.20. The zero-order chi connectivity index (χ0) is 21.2. The summed E-state index contributed by atoms with van der Waals surface area (Å²) >= 11 is 0. The number of hydrogen-bond donors (Lipinski definition) is 1. The van der Waals surface area contributed by atoms with Gasteiger partial charge in [0, 0.05) is 19.6 Å². The lowest BCUT2D eigenvalue weighted by molar-refractivity contribution is 0.0697. The third-order valence-electron chi connectivity index (χ3n) is 5.45. The van der Waals surface area contributed by atoms with Crippen molar-refractivity contribution in [2.24, 2.45) is 0 Å². The van der Waals surface area contributed by atoms with Crippen molar-refractivity contribution in [2.45, 2.75) is 37.2 Å². The fourth-order valence-corrected chi connectivity index (χ4v) is 4.99. The first-order chi connectivity index (χ1) is 13.8. The predicted molar refractivity (Wildman–Crippen MR) is 111 cm³/mol. The van der Waals surface area contributed by atoms with Crippen LogP contribution in [-0.2, 0) is 16.6 Å². The Morgan fingerprint density at radius 2 is 1.93 bits per heavy atom. The third-order valence-corrected chi connectivity index (χ3v) is 7.22. The molecule has 1 heterocycles. The van der Waals surface area contributed by atoms with Crippen LogP contribution in [0.3, 0.4) is 0 Å². The highest BCUT2D eigenvalue weighted by atomic mass is 32.2. The first-order valence-corrected chi connectivity index (χ1v) is 10.9. The molecule has 0 saturated carbocycles. The molecule has 7 nitrogen and oxygen atoms in total. The Kier molecular flexibility index (Phi) is 6.14. The van der Waals surface area contributed by atoms with Crippen LogP contribution in [0, 0.1) is 0 Å². The van der Waals surface area contributed by atoms with Gasteiger partial charge in [-0.05, 0) is 62.2 Å². The average Bonchev–Trinajstić information content (AvgIpc) is 3.11. The summed E-state index contributed by atoms with van der Waals surface area (Å²) in [6, 6.07) is 11.3. The summed E-state index contributed by atoms with van der Waals surface area (Å²) in [6.45, 7) is 3.54. The van der Waals surface area contributed by atoms with Gasteiger partial charge in [-0.2, -0.15) is 0 Å². The Labute approximate surface area is 171 Å². The van der Waals surface area contributed by atoms with Gasteiger partial charge in [0.15, 0.2) is 0 Å². The Bertz CT molecular complexity index is 989. The number of anilines is 1. The standard InChI is InChI=1S/C21H26N2O5S/c1-15-6-5-13-23(15)14-16-7-4-8-19(21(24)25)20(16)22(2)29(26,27)18-11-9-17(28-3)10-12-18/h4,7-12,15H,5-6,13-14H2,1-3H3,(H,24,25)/t15-/m0/s1. The summed E-state index contributed by atoms with van der Waals surface area (Å²) in [6.07, 6.45) is 2.16. The maximum absolute atomic E-state index is 13.2. The molecule has 1 fully saturated rings. The number of carbonyl (C=O) groups is 1. The lowest BCUT2D eigenvalue weighted by Crippen LogP contribution is -2.32. The molecule has 29 heavy (non-hydrogen) atoms. The molecule has 3 rings (SSSR count). The lowest BCUT2D eigenvalue weighted by Gasteiger charge is -2.27. The number of carboxylic acid groups (broad SMARTS) is 1. The van der Waals surface area contributed by atoms with E-state index in [1.54, 1.807) is 24.3 Å². The lowest BCUT2D eigenvalue weighted by atomic mass is 10.1. The molecule has 1 aliphatic heterocycles. The predicted octanol–water partition coefficient (Wildman–Crippen LogP) is 3.20. The summed E-state index contributed by atoms with van der Waals surface area (Å²) in [5, 5.41) is 9.70. The van der Waals surface area contributed by atoms with Gasteiger partial charge in [0.05, 0.1) is 23.3 Å². The van der Waals surface area contributed by atoms with Gasteiger partial charge in [-0.15, -0.1) is 0 Å². The minimum atomic E-state index is -3.95. The van der Waals surface area contributed by atoms with Crippen molar-refractivity contribution < 1.29 is 23.1 Å². The van der Waals surface area contributed by atoms with E-state index in [2.05, 4.69) is 11.8 Å². The highest BCUT2D eigenvalue weighted by molar-refractivity contribution is 7.92. The molecule has 0 spiro atoms. The molecule has 1 saturated heterocycles. The van der Waals surface area contributed by atoms with Crippen molar-refractivity contribution in [2.75, 3.05) is 25.0 Å². The van der Waals surface area contributed by atoms with E-state index in [0.717, 1.165) is 23.7 Å². The van der Waals surface area contributed by atoms with E-state index in [1.165, 1.54) is 32.4 Å². The smallest absolute Gasteiger partial charge is 0.337 e. The zero-order valence-corrected chi connectivity index (χ0v) is 17.6. The molecule has 156 valence electrons. The summed E-state index contributed by atoms with van der Waals surface area (Å²) in [5.41, 5.74) is 0.849. The third kappa shape index (κ3) is 4.23. The molecule has 8 heteroatoms. The van der Waals surface area contributed by atoms with E-state index in [0.29, 0.717) is 23.9 Å². The second kappa shape index (κ2) is 8.42. The number of sulfonamides is 1. The van der Waals surface area contributed by atoms with Crippen molar-refractivity contribution in [3.63, 3.8) is 0 Å². The molecular weight excluding hydrogens is 392 g/mol. The van der Waals surface area contributed by atoms with E-state index in [-0.39, 0.29) is 16.1 Å². The van der Waals surface area contributed by atoms with Gasteiger partial charge in [0.1, 0.15) is 5.75 Å². The quantitative estimate of drug-likeness (QED) is 0.743. The van der Waals surface area contributed by atoms with Crippen LogP contribution in [0.4, 0.5) is 5.69 Å². The van der Waals surface area contributed by atoms with E-state index in [4.69, 9.17) is 4.74 Å². The summed E-state index contributed by atoms with van der Waals surface area (Å²) in [7, 11) is -1.04. The zero-order valence-electron chi connectivity index (χ0n) is 16.8. The van der Waals surface area contributed by atoms with E-state index >= 15 is 0 Å². The molecule has 0 bridgehead atoms. The van der Waals surface area contributed by atoms with Crippen LogP contribution >= 0.6 is 0 Å². The number of rotatable bonds is 7. The molecule has 0 aromatic heterocycles. The Morgan fingerprint density at radius 3 is 2.48 bits per heavy atom. The molecule has 0 radical (unpaired) electrons. The van der Waals surface area contributed by atoms with Crippen LogP contribution < -0.4 is 9.04 Å². The van der Waals surface area contributed by atoms with Gasteiger partial charge in [-0.1, -0.05) is 12.1 Å². The van der Waals surface area contributed by atoms with Crippen LogP contribution in [-0.4, -0.2) is 51.1 Å². The van der Waals surface area contributed by atoms with Gasteiger partial charge >= 0.3 is 5.97 Å². The SMILES string of the molecule is COc1ccc(S(=O)(=O)N(C)c2c(CN3CCC[C@@H]3C)cccc2C(=O)O)cc1. The fourth-order valence-electron chi connectivity index (χ4n) is 3.74. The van der Waals surface area contributed by atoms with E-state index in [9.17, 15) is 18.3 Å². The minimum Gasteiger partial charge on any atom is -0.497 e. The highest BCUT2D eigenvalue weighted by Gasteiger charge is 2.29. The average molecular weight is 419 g/mol. The van der Waals surface area contributed by atoms with Crippen LogP contribution in [0.1, 0.15) is 35.7 Å². The number of para-hydroxylation sites is 1. The summed E-state index contributed by atoms with van der Waals surface area (Å²) in [5.74, 6) is -0.616. The number of likely N-dealkylation sites (tertiary alicyclic amines) is 1. The molecule has 2 aromatic carbocycles. The van der Waals surface area contributed by atoms with Crippen molar-refractivity contribution >= 4 is 21.7 Å². The number of carboxylic acids is 1. The monoisotopic (exact) mass is 418 g/mol. The molecule has 1 aliphatic rings. The fraction of sp³-hybridized carbons (Fsp3) is 0.381. The Balaban J connectivity index is 2.05. The Hall–Kier alpha value is -2.58. The number of aromatic carboxylic acids is 1. The van der Waals surface area contributed by atoms with Crippen LogP contribution in [0.15, 0.2) is 47.4 Å². The van der Waals surface area contributed by atoms with Crippen LogP contribution in [0.5, 0.6) is 5.75 Å². The topological polar surface area (TPSA) is 87.2 Å². The van der Waals surface area contributed by atoms with E-state index in [1.807, 2.05) is 0 Å². The molecule has 1 atom stereocenters.